The van der Waals surface area contributed by atoms with Crippen LogP contribution in [0.4, 0.5) is 0 Å². The second kappa shape index (κ2) is 7.28. The lowest BCUT2D eigenvalue weighted by Crippen LogP contribution is -2.30. The number of rotatable bonds is 6. The molecule has 0 saturated heterocycles. The van der Waals surface area contributed by atoms with E-state index in [0.717, 1.165) is 0 Å². The van der Waals surface area contributed by atoms with E-state index in [1.807, 2.05) is 0 Å². The van der Waals surface area contributed by atoms with Crippen LogP contribution in [0.5, 0.6) is 0 Å². The van der Waals surface area contributed by atoms with Crippen LogP contribution in [-0.2, 0) is 9.53 Å². The first-order valence-electron chi connectivity index (χ1n) is 6.20. The second-order valence-electron chi connectivity index (χ2n) is 4.13. The SMILES string of the molecule is CCOC(=O)CCN(C)C(=O)c1ccccc1C(=O)O. The van der Waals surface area contributed by atoms with E-state index >= 15 is 0 Å². The van der Waals surface area contributed by atoms with Crippen LogP contribution < -0.4 is 0 Å². The lowest BCUT2D eigenvalue weighted by Gasteiger charge is -2.17. The molecule has 0 aliphatic carbocycles. The van der Waals surface area contributed by atoms with E-state index in [1.165, 1.54) is 24.1 Å². The van der Waals surface area contributed by atoms with Crippen LogP contribution in [0.1, 0.15) is 34.1 Å². The van der Waals surface area contributed by atoms with Crippen LogP contribution in [0, 0.1) is 0 Å². The van der Waals surface area contributed by atoms with Crippen molar-refractivity contribution in [1.29, 1.82) is 0 Å². The molecule has 0 bridgehead atoms. The number of aromatic carboxylic acids is 1. The highest BCUT2D eigenvalue weighted by atomic mass is 16.5. The molecule has 0 unspecified atom stereocenters. The number of hydrogen-bond acceptors (Lipinski definition) is 4. The molecule has 1 N–H and O–H groups in total. The maximum atomic E-state index is 12.2. The third kappa shape index (κ3) is 4.08. The van der Waals surface area contributed by atoms with E-state index in [1.54, 1.807) is 19.1 Å². The molecule has 1 aromatic carbocycles. The summed E-state index contributed by atoms with van der Waals surface area (Å²) in [4.78, 5) is 35.7. The summed E-state index contributed by atoms with van der Waals surface area (Å²) in [5.74, 6) is -1.99. The number of benzene rings is 1. The third-order valence-electron chi connectivity index (χ3n) is 2.69. The fourth-order valence-corrected chi connectivity index (χ4v) is 1.66. The molecular weight excluding hydrogens is 262 g/mol. The summed E-state index contributed by atoms with van der Waals surface area (Å²) >= 11 is 0. The lowest BCUT2D eigenvalue weighted by atomic mass is 10.1. The first-order chi connectivity index (χ1) is 9.47. The zero-order valence-electron chi connectivity index (χ0n) is 11.5. The van der Waals surface area contributed by atoms with Crippen molar-refractivity contribution in [2.24, 2.45) is 0 Å². The largest absolute Gasteiger partial charge is 0.478 e. The van der Waals surface area contributed by atoms with Crippen LogP contribution >= 0.6 is 0 Å². The van der Waals surface area contributed by atoms with Crippen LogP contribution in [0.25, 0.3) is 0 Å². The number of hydrogen-bond donors (Lipinski definition) is 1. The predicted molar refractivity (Wildman–Crippen MR) is 71.6 cm³/mol. The normalized spacial score (nSPS) is 9.90. The summed E-state index contributed by atoms with van der Waals surface area (Å²) < 4.78 is 4.77. The highest BCUT2D eigenvalue weighted by Crippen LogP contribution is 2.11. The smallest absolute Gasteiger partial charge is 0.336 e. The molecule has 20 heavy (non-hydrogen) atoms. The number of nitrogens with zero attached hydrogens (tertiary/aromatic N) is 1. The van der Waals surface area contributed by atoms with Gasteiger partial charge in [0.15, 0.2) is 0 Å². The zero-order chi connectivity index (χ0) is 15.1. The van der Waals surface area contributed by atoms with Gasteiger partial charge in [-0.3, -0.25) is 9.59 Å². The molecule has 108 valence electrons. The number of carboxylic acid groups (broad SMARTS) is 1. The van der Waals surface area contributed by atoms with E-state index < -0.39 is 17.8 Å². The van der Waals surface area contributed by atoms with Crippen molar-refractivity contribution in [1.82, 2.24) is 4.90 Å². The monoisotopic (exact) mass is 279 g/mol. The molecular formula is C14H17NO5. The van der Waals surface area contributed by atoms with Gasteiger partial charge in [-0.2, -0.15) is 0 Å². The Balaban J connectivity index is 2.75. The molecule has 0 heterocycles. The molecule has 0 spiro atoms. The van der Waals surface area contributed by atoms with Crippen LogP contribution in [-0.4, -0.2) is 48.1 Å². The van der Waals surface area contributed by atoms with Gasteiger partial charge in [0.1, 0.15) is 0 Å². The number of carboxylic acids is 1. The Hall–Kier alpha value is -2.37. The zero-order valence-corrected chi connectivity index (χ0v) is 11.5. The van der Waals surface area contributed by atoms with Gasteiger partial charge in [0.05, 0.1) is 24.2 Å². The van der Waals surface area contributed by atoms with Crippen molar-refractivity contribution in [3.8, 4) is 0 Å². The molecule has 6 nitrogen and oxygen atoms in total. The fraction of sp³-hybridized carbons (Fsp3) is 0.357. The Morgan fingerprint density at radius 2 is 1.80 bits per heavy atom. The Labute approximate surface area is 117 Å². The maximum absolute atomic E-state index is 12.2. The second-order valence-corrected chi connectivity index (χ2v) is 4.13. The van der Waals surface area contributed by atoms with Gasteiger partial charge in [-0.25, -0.2) is 4.79 Å². The average Bonchev–Trinajstić information content (AvgIpc) is 2.44. The molecule has 1 aromatic rings. The molecule has 1 rings (SSSR count). The summed E-state index contributed by atoms with van der Waals surface area (Å²) in [7, 11) is 1.51. The summed E-state index contributed by atoms with van der Waals surface area (Å²) in [5, 5.41) is 9.04. The fourth-order valence-electron chi connectivity index (χ4n) is 1.66. The van der Waals surface area contributed by atoms with Gasteiger partial charge >= 0.3 is 11.9 Å². The van der Waals surface area contributed by atoms with Gasteiger partial charge < -0.3 is 14.7 Å². The number of carbonyl (C=O) groups is 3. The van der Waals surface area contributed by atoms with Gasteiger partial charge in [-0.1, -0.05) is 12.1 Å². The topological polar surface area (TPSA) is 83.9 Å². The standard InChI is InChI=1S/C14H17NO5/c1-3-20-12(16)8-9-15(2)13(17)10-6-4-5-7-11(10)14(18)19/h4-7H,3,8-9H2,1-2H3,(H,18,19). The van der Waals surface area contributed by atoms with E-state index in [-0.39, 0.29) is 24.1 Å². The summed E-state index contributed by atoms with van der Waals surface area (Å²) in [5.41, 5.74) is 0.0480. The van der Waals surface area contributed by atoms with E-state index in [4.69, 9.17) is 9.84 Å². The average molecular weight is 279 g/mol. The number of esters is 1. The molecule has 0 aliphatic heterocycles. The molecule has 0 aliphatic rings. The highest BCUT2D eigenvalue weighted by molar-refractivity contribution is 6.04. The molecule has 0 atom stereocenters. The molecule has 6 heteroatoms. The first-order valence-corrected chi connectivity index (χ1v) is 6.20. The van der Waals surface area contributed by atoms with Crippen molar-refractivity contribution in [2.75, 3.05) is 20.2 Å². The quantitative estimate of drug-likeness (QED) is 0.796. The molecule has 0 radical (unpaired) electrons. The minimum atomic E-state index is -1.16. The summed E-state index contributed by atoms with van der Waals surface area (Å²) in [6.07, 6.45) is 0.0747. The van der Waals surface area contributed by atoms with Crippen molar-refractivity contribution >= 4 is 17.8 Å². The van der Waals surface area contributed by atoms with Crippen molar-refractivity contribution < 1.29 is 24.2 Å². The Bertz CT molecular complexity index is 512. The number of ether oxygens (including phenoxy) is 1. The first kappa shape index (κ1) is 15.7. The van der Waals surface area contributed by atoms with E-state index in [0.29, 0.717) is 6.61 Å². The van der Waals surface area contributed by atoms with Gasteiger partial charge in [0, 0.05) is 13.6 Å². The van der Waals surface area contributed by atoms with Gasteiger partial charge in [-0.15, -0.1) is 0 Å². The Kier molecular flexibility index (Phi) is 5.71. The van der Waals surface area contributed by atoms with Crippen molar-refractivity contribution in [3.63, 3.8) is 0 Å². The minimum Gasteiger partial charge on any atom is -0.478 e. The Morgan fingerprint density at radius 3 is 2.35 bits per heavy atom. The van der Waals surface area contributed by atoms with E-state index in [2.05, 4.69) is 0 Å². The molecule has 0 saturated carbocycles. The van der Waals surface area contributed by atoms with Crippen LogP contribution in [0.15, 0.2) is 24.3 Å². The number of carbonyl (C=O) groups excluding carboxylic acids is 2. The van der Waals surface area contributed by atoms with Crippen molar-refractivity contribution in [3.05, 3.63) is 35.4 Å². The third-order valence-corrected chi connectivity index (χ3v) is 2.69. The Morgan fingerprint density at radius 1 is 1.20 bits per heavy atom. The minimum absolute atomic E-state index is 0.0551. The van der Waals surface area contributed by atoms with E-state index in [9.17, 15) is 14.4 Å². The highest BCUT2D eigenvalue weighted by Gasteiger charge is 2.19. The predicted octanol–water partition coefficient (Wildman–Crippen LogP) is 1.41. The molecule has 1 amide bonds. The molecule has 0 fully saturated rings. The van der Waals surface area contributed by atoms with Gasteiger partial charge in [0.25, 0.3) is 5.91 Å². The van der Waals surface area contributed by atoms with Gasteiger partial charge in [0.2, 0.25) is 0 Å². The molecule has 0 aromatic heterocycles. The van der Waals surface area contributed by atoms with Crippen LogP contribution in [0.2, 0.25) is 0 Å². The maximum Gasteiger partial charge on any atom is 0.336 e. The lowest BCUT2D eigenvalue weighted by molar-refractivity contribution is -0.143. The summed E-state index contributed by atoms with van der Waals surface area (Å²) in [6, 6.07) is 5.97. The van der Waals surface area contributed by atoms with Gasteiger partial charge in [-0.05, 0) is 19.1 Å². The van der Waals surface area contributed by atoms with Crippen LogP contribution in [0.3, 0.4) is 0 Å². The summed E-state index contributed by atoms with van der Waals surface area (Å²) in [6.45, 7) is 2.17. The van der Waals surface area contributed by atoms with Crippen molar-refractivity contribution in [2.45, 2.75) is 13.3 Å². The number of amides is 1.